The minimum atomic E-state index is -4.06. The van der Waals surface area contributed by atoms with E-state index in [1.165, 1.54) is 6.07 Å². The van der Waals surface area contributed by atoms with Crippen molar-refractivity contribution >= 4 is 27.5 Å². The van der Waals surface area contributed by atoms with Gasteiger partial charge in [0, 0.05) is 35.4 Å². The smallest absolute Gasteiger partial charge is 0.255 e. The maximum Gasteiger partial charge on any atom is 0.255 e. The Labute approximate surface area is 182 Å². The lowest BCUT2D eigenvalue weighted by molar-refractivity contribution is 0.0919. The fourth-order valence-electron chi connectivity index (χ4n) is 2.87. The molecule has 2 aromatic carbocycles. The van der Waals surface area contributed by atoms with Crippen molar-refractivity contribution in [2.24, 2.45) is 0 Å². The van der Waals surface area contributed by atoms with Gasteiger partial charge in [-0.05, 0) is 63.2 Å². The molecule has 0 unspecified atom stereocenters. The van der Waals surface area contributed by atoms with Gasteiger partial charge < -0.3 is 10.6 Å². The van der Waals surface area contributed by atoms with Crippen molar-refractivity contribution in [3.63, 3.8) is 0 Å². The third-order valence-electron chi connectivity index (χ3n) is 4.41. The van der Waals surface area contributed by atoms with Gasteiger partial charge in [-0.25, -0.2) is 12.8 Å². The number of anilines is 1. The van der Waals surface area contributed by atoms with Gasteiger partial charge in [-0.3, -0.25) is 9.59 Å². The SMILES string of the molecule is CCN(CC)S(=O)(=O)c1cc(C(=O)Nc2ccc(C(=O)NC(C)(C)C)cc2)ccc1F. The Morgan fingerprint density at radius 1 is 0.935 bits per heavy atom. The van der Waals surface area contributed by atoms with Gasteiger partial charge in [0.15, 0.2) is 0 Å². The third kappa shape index (κ3) is 6.11. The summed E-state index contributed by atoms with van der Waals surface area (Å²) in [7, 11) is -4.06. The van der Waals surface area contributed by atoms with Crippen molar-refractivity contribution in [2.45, 2.75) is 45.1 Å². The van der Waals surface area contributed by atoms with E-state index in [2.05, 4.69) is 10.6 Å². The number of benzene rings is 2. The predicted octanol–water partition coefficient (Wildman–Crippen LogP) is 3.64. The van der Waals surface area contributed by atoms with Crippen LogP contribution in [-0.2, 0) is 10.0 Å². The van der Waals surface area contributed by atoms with Crippen LogP contribution >= 0.6 is 0 Å². The number of rotatable bonds is 7. The van der Waals surface area contributed by atoms with Crippen LogP contribution < -0.4 is 10.6 Å². The third-order valence-corrected chi connectivity index (χ3v) is 6.48. The van der Waals surface area contributed by atoms with E-state index in [1.54, 1.807) is 38.1 Å². The van der Waals surface area contributed by atoms with Gasteiger partial charge in [0.2, 0.25) is 10.0 Å². The molecule has 2 N–H and O–H groups in total. The fraction of sp³-hybridized carbons (Fsp3) is 0.364. The highest BCUT2D eigenvalue weighted by Crippen LogP contribution is 2.22. The molecule has 2 amide bonds. The molecule has 0 aliphatic heterocycles. The second kappa shape index (κ2) is 9.57. The number of sulfonamides is 1. The predicted molar refractivity (Wildman–Crippen MR) is 118 cm³/mol. The molecule has 0 bridgehead atoms. The zero-order chi connectivity index (χ0) is 23.4. The lowest BCUT2D eigenvalue weighted by Crippen LogP contribution is -2.40. The molecule has 0 saturated carbocycles. The lowest BCUT2D eigenvalue weighted by Gasteiger charge is -2.20. The van der Waals surface area contributed by atoms with Crippen molar-refractivity contribution in [2.75, 3.05) is 18.4 Å². The number of nitrogens with zero attached hydrogens (tertiary/aromatic N) is 1. The topological polar surface area (TPSA) is 95.6 Å². The molecule has 0 saturated heterocycles. The van der Waals surface area contributed by atoms with Crippen LogP contribution in [0.15, 0.2) is 47.4 Å². The molecule has 0 atom stereocenters. The molecular formula is C22H28FN3O4S. The van der Waals surface area contributed by atoms with Crippen LogP contribution in [0.5, 0.6) is 0 Å². The van der Waals surface area contributed by atoms with E-state index in [0.717, 1.165) is 16.4 Å². The first kappa shape index (κ1) is 24.5. The summed E-state index contributed by atoms with van der Waals surface area (Å²) in [6.45, 7) is 9.29. The van der Waals surface area contributed by atoms with Crippen LogP contribution in [0, 0.1) is 5.82 Å². The molecule has 0 fully saturated rings. The largest absolute Gasteiger partial charge is 0.347 e. The molecule has 0 aliphatic rings. The first-order valence-electron chi connectivity index (χ1n) is 9.92. The number of halogens is 1. The van der Waals surface area contributed by atoms with Crippen molar-refractivity contribution in [3.8, 4) is 0 Å². The average Bonchev–Trinajstić information content (AvgIpc) is 2.68. The minimum Gasteiger partial charge on any atom is -0.347 e. The number of carbonyl (C=O) groups excluding carboxylic acids is 2. The van der Waals surface area contributed by atoms with Crippen LogP contribution in [-0.4, -0.2) is 43.2 Å². The van der Waals surface area contributed by atoms with Crippen molar-refractivity contribution in [1.82, 2.24) is 9.62 Å². The molecule has 0 spiro atoms. The molecule has 0 aliphatic carbocycles. The Morgan fingerprint density at radius 3 is 2.00 bits per heavy atom. The molecule has 0 aromatic heterocycles. The first-order chi connectivity index (χ1) is 14.4. The van der Waals surface area contributed by atoms with E-state index in [1.807, 2.05) is 20.8 Å². The van der Waals surface area contributed by atoms with Crippen molar-refractivity contribution in [1.29, 1.82) is 0 Å². The monoisotopic (exact) mass is 449 g/mol. The van der Waals surface area contributed by atoms with Crippen LogP contribution in [0.3, 0.4) is 0 Å². The first-order valence-corrected chi connectivity index (χ1v) is 11.4. The molecule has 9 heteroatoms. The molecule has 7 nitrogen and oxygen atoms in total. The maximum atomic E-state index is 14.3. The summed E-state index contributed by atoms with van der Waals surface area (Å²) in [6.07, 6.45) is 0. The van der Waals surface area contributed by atoms with Crippen molar-refractivity contribution < 1.29 is 22.4 Å². The molecule has 2 rings (SSSR count). The number of amides is 2. The van der Waals surface area contributed by atoms with Crippen LogP contribution in [0.1, 0.15) is 55.3 Å². The Morgan fingerprint density at radius 2 is 1.48 bits per heavy atom. The Balaban J connectivity index is 2.22. The van der Waals surface area contributed by atoms with Gasteiger partial charge in [0.05, 0.1) is 0 Å². The average molecular weight is 450 g/mol. The number of carbonyl (C=O) groups is 2. The van der Waals surface area contributed by atoms with Gasteiger partial charge in [-0.15, -0.1) is 0 Å². The van der Waals surface area contributed by atoms with Crippen LogP contribution in [0.4, 0.5) is 10.1 Å². The molecule has 0 radical (unpaired) electrons. The Kier molecular flexibility index (Phi) is 7.56. The molecular weight excluding hydrogens is 421 g/mol. The van der Waals surface area contributed by atoms with Gasteiger partial charge in [0.25, 0.3) is 11.8 Å². The van der Waals surface area contributed by atoms with Gasteiger partial charge in [-0.2, -0.15) is 4.31 Å². The minimum absolute atomic E-state index is 0.00156. The van der Waals surface area contributed by atoms with Crippen LogP contribution in [0.25, 0.3) is 0 Å². The highest BCUT2D eigenvalue weighted by Gasteiger charge is 2.26. The quantitative estimate of drug-likeness (QED) is 0.675. The summed E-state index contributed by atoms with van der Waals surface area (Å²) in [5.41, 5.74) is 0.467. The number of hydrogen-bond acceptors (Lipinski definition) is 4. The molecule has 0 heterocycles. The summed E-state index contributed by atoms with van der Waals surface area (Å²) < 4.78 is 40.7. The maximum absolute atomic E-state index is 14.3. The zero-order valence-corrected chi connectivity index (χ0v) is 19.1. The Hall–Kier alpha value is -2.78. The summed E-state index contributed by atoms with van der Waals surface area (Å²) in [4.78, 5) is 24.2. The van der Waals surface area contributed by atoms with Gasteiger partial charge in [-0.1, -0.05) is 13.8 Å². The lowest BCUT2D eigenvalue weighted by atomic mass is 10.1. The summed E-state index contributed by atoms with van der Waals surface area (Å²) >= 11 is 0. The van der Waals surface area contributed by atoms with Crippen LogP contribution in [0.2, 0.25) is 0 Å². The highest BCUT2D eigenvalue weighted by molar-refractivity contribution is 7.89. The fourth-order valence-corrected chi connectivity index (χ4v) is 4.41. The second-order valence-corrected chi connectivity index (χ2v) is 9.88. The number of hydrogen-bond donors (Lipinski definition) is 2. The standard InChI is InChI=1S/C22H28FN3O4S/c1-6-26(7-2)31(29,30)19-14-16(10-13-18(19)23)20(27)24-17-11-8-15(9-12-17)21(28)25-22(3,4)5/h8-14H,6-7H2,1-5H3,(H,24,27)(H,25,28). The van der Waals surface area contributed by atoms with E-state index < -0.39 is 26.6 Å². The zero-order valence-electron chi connectivity index (χ0n) is 18.3. The summed E-state index contributed by atoms with van der Waals surface area (Å²) in [5.74, 6) is -1.75. The van der Waals surface area contributed by atoms with Gasteiger partial charge >= 0.3 is 0 Å². The van der Waals surface area contributed by atoms with Crippen molar-refractivity contribution in [3.05, 3.63) is 59.4 Å². The van der Waals surface area contributed by atoms with E-state index in [-0.39, 0.29) is 30.1 Å². The summed E-state index contributed by atoms with van der Waals surface area (Å²) in [5, 5.41) is 5.47. The van der Waals surface area contributed by atoms with E-state index >= 15 is 0 Å². The van der Waals surface area contributed by atoms with E-state index in [4.69, 9.17) is 0 Å². The number of nitrogens with one attached hydrogen (secondary N) is 2. The second-order valence-electron chi connectivity index (χ2n) is 7.97. The van der Waals surface area contributed by atoms with E-state index in [0.29, 0.717) is 11.3 Å². The highest BCUT2D eigenvalue weighted by atomic mass is 32.2. The molecule has 168 valence electrons. The summed E-state index contributed by atoms with van der Waals surface area (Å²) in [6, 6.07) is 9.47. The molecule has 2 aromatic rings. The van der Waals surface area contributed by atoms with E-state index in [9.17, 15) is 22.4 Å². The normalized spacial score (nSPS) is 12.0. The van der Waals surface area contributed by atoms with Gasteiger partial charge in [0.1, 0.15) is 10.7 Å². The molecule has 31 heavy (non-hydrogen) atoms. The Bertz CT molecular complexity index is 1060.